The van der Waals surface area contributed by atoms with Crippen molar-refractivity contribution in [2.24, 2.45) is 0 Å². The average Bonchev–Trinajstić information content (AvgIpc) is 2.73. The Morgan fingerprint density at radius 2 is 1.53 bits per heavy atom. The molecule has 5 nitrogen and oxygen atoms in total. The van der Waals surface area contributed by atoms with E-state index in [1.54, 1.807) is 7.05 Å². The van der Waals surface area contributed by atoms with Crippen molar-refractivity contribution < 1.29 is 26.4 Å². The van der Waals surface area contributed by atoms with Gasteiger partial charge in [-0.25, -0.2) is 8.42 Å². The summed E-state index contributed by atoms with van der Waals surface area (Å²) in [4.78, 5) is 14.1. The fourth-order valence-corrected chi connectivity index (χ4v) is 4.91. The summed E-state index contributed by atoms with van der Waals surface area (Å²) in [6.45, 7) is 1.13. The number of rotatable bonds is 5. The predicted molar refractivity (Wildman–Crippen MR) is 106 cm³/mol. The van der Waals surface area contributed by atoms with Crippen molar-refractivity contribution in [1.29, 1.82) is 0 Å². The summed E-state index contributed by atoms with van der Waals surface area (Å²) in [6, 6.07) is 10.4. The fraction of sp³-hybridized carbons (Fsp3) is 0.381. The van der Waals surface area contributed by atoms with Crippen molar-refractivity contribution in [2.45, 2.75) is 36.9 Å². The van der Waals surface area contributed by atoms with Crippen molar-refractivity contribution in [3.05, 3.63) is 65.2 Å². The van der Waals surface area contributed by atoms with Gasteiger partial charge in [0.15, 0.2) is 0 Å². The highest BCUT2D eigenvalue weighted by molar-refractivity contribution is 7.89. The number of amides is 1. The minimum Gasteiger partial charge on any atom is -0.337 e. The number of carbonyl (C=O) groups excluding carboxylic acids is 1. The van der Waals surface area contributed by atoms with Gasteiger partial charge in [0, 0.05) is 32.2 Å². The minimum absolute atomic E-state index is 0.130. The van der Waals surface area contributed by atoms with Crippen LogP contribution in [0.4, 0.5) is 13.2 Å². The zero-order valence-corrected chi connectivity index (χ0v) is 17.3. The Bertz CT molecular complexity index is 982. The van der Waals surface area contributed by atoms with E-state index in [4.69, 9.17) is 0 Å². The normalized spacial score (nSPS) is 15.7. The summed E-state index contributed by atoms with van der Waals surface area (Å²) in [6.07, 6.45) is -1.71. The number of piperidine rings is 1. The van der Waals surface area contributed by atoms with E-state index in [0.717, 1.165) is 31.4 Å². The van der Waals surface area contributed by atoms with E-state index < -0.39 is 21.8 Å². The highest BCUT2D eigenvalue weighted by Crippen LogP contribution is 2.29. The quantitative estimate of drug-likeness (QED) is 0.702. The lowest BCUT2D eigenvalue weighted by Crippen LogP contribution is -2.35. The van der Waals surface area contributed by atoms with E-state index >= 15 is 0 Å². The lowest BCUT2D eigenvalue weighted by molar-refractivity contribution is -0.137. The van der Waals surface area contributed by atoms with Crippen LogP contribution in [0.25, 0.3) is 0 Å². The fourth-order valence-electron chi connectivity index (χ4n) is 3.39. The van der Waals surface area contributed by atoms with Crippen LogP contribution in [0, 0.1) is 0 Å². The molecule has 2 aromatic carbocycles. The number of alkyl halides is 3. The predicted octanol–water partition coefficient (Wildman–Crippen LogP) is 4.15. The van der Waals surface area contributed by atoms with Crippen LogP contribution < -0.4 is 0 Å². The third-order valence-electron chi connectivity index (χ3n) is 5.10. The van der Waals surface area contributed by atoms with E-state index in [0.29, 0.717) is 24.2 Å². The van der Waals surface area contributed by atoms with Crippen LogP contribution in [-0.4, -0.2) is 43.7 Å². The lowest BCUT2D eigenvalue weighted by Gasteiger charge is -2.26. The van der Waals surface area contributed by atoms with Crippen LogP contribution in [0.2, 0.25) is 0 Å². The van der Waals surface area contributed by atoms with Crippen LogP contribution in [-0.2, 0) is 22.7 Å². The molecule has 0 radical (unpaired) electrons. The van der Waals surface area contributed by atoms with Crippen LogP contribution in [0.15, 0.2) is 53.4 Å². The maximum Gasteiger partial charge on any atom is 0.416 e. The standard InChI is InChI=1S/C21H23F3N2O3S/c1-25(15-16-5-9-18(10-6-16)21(22,23)24)20(27)17-7-11-19(12-8-17)30(28,29)26-13-3-2-4-14-26/h5-12H,2-4,13-15H2,1H3. The van der Waals surface area contributed by atoms with Gasteiger partial charge >= 0.3 is 6.18 Å². The Kier molecular flexibility index (Phi) is 6.52. The topological polar surface area (TPSA) is 57.7 Å². The van der Waals surface area contributed by atoms with E-state index in [1.165, 1.54) is 45.6 Å². The molecule has 162 valence electrons. The first-order chi connectivity index (χ1) is 14.1. The Balaban J connectivity index is 1.67. The Labute approximate surface area is 174 Å². The molecule has 0 atom stereocenters. The van der Waals surface area contributed by atoms with E-state index in [-0.39, 0.29) is 17.3 Å². The lowest BCUT2D eigenvalue weighted by atomic mass is 10.1. The molecule has 1 aliphatic heterocycles. The number of sulfonamides is 1. The second-order valence-electron chi connectivity index (χ2n) is 7.35. The Morgan fingerprint density at radius 1 is 0.967 bits per heavy atom. The number of hydrogen-bond acceptors (Lipinski definition) is 3. The largest absolute Gasteiger partial charge is 0.416 e. The molecule has 30 heavy (non-hydrogen) atoms. The molecule has 1 heterocycles. The molecule has 3 rings (SSSR count). The smallest absolute Gasteiger partial charge is 0.337 e. The molecule has 1 fully saturated rings. The van der Waals surface area contributed by atoms with Crippen molar-refractivity contribution in [2.75, 3.05) is 20.1 Å². The first-order valence-electron chi connectivity index (χ1n) is 9.61. The van der Waals surface area contributed by atoms with Crippen molar-refractivity contribution >= 4 is 15.9 Å². The van der Waals surface area contributed by atoms with Gasteiger partial charge in [-0.1, -0.05) is 18.6 Å². The van der Waals surface area contributed by atoms with Crippen LogP contribution in [0.1, 0.15) is 40.7 Å². The van der Waals surface area contributed by atoms with Gasteiger partial charge < -0.3 is 4.90 Å². The summed E-state index contributed by atoms with van der Waals surface area (Å²) in [5.74, 6) is -0.350. The molecule has 0 bridgehead atoms. The zero-order valence-electron chi connectivity index (χ0n) is 16.5. The summed E-state index contributed by atoms with van der Waals surface area (Å²) in [5, 5.41) is 0. The second kappa shape index (κ2) is 8.77. The Hall–Kier alpha value is -2.39. The monoisotopic (exact) mass is 440 g/mol. The Morgan fingerprint density at radius 3 is 2.07 bits per heavy atom. The zero-order chi connectivity index (χ0) is 21.9. The third kappa shape index (κ3) is 5.02. The number of carbonyl (C=O) groups is 1. The van der Waals surface area contributed by atoms with Crippen molar-refractivity contribution in [3.63, 3.8) is 0 Å². The maximum atomic E-state index is 12.7. The molecule has 0 aliphatic carbocycles. The van der Waals surface area contributed by atoms with Crippen LogP contribution in [0.3, 0.4) is 0 Å². The van der Waals surface area contributed by atoms with Gasteiger partial charge in [-0.3, -0.25) is 4.79 Å². The first kappa shape index (κ1) is 22.3. The summed E-state index contributed by atoms with van der Waals surface area (Å²) in [5.41, 5.74) is 0.121. The number of hydrogen-bond donors (Lipinski definition) is 0. The maximum absolute atomic E-state index is 12.7. The van der Waals surface area contributed by atoms with Crippen molar-refractivity contribution in [3.8, 4) is 0 Å². The SMILES string of the molecule is CN(Cc1ccc(C(F)(F)F)cc1)C(=O)c1ccc(S(=O)(=O)N2CCCCC2)cc1. The second-order valence-corrected chi connectivity index (χ2v) is 9.28. The molecule has 0 unspecified atom stereocenters. The first-order valence-corrected chi connectivity index (χ1v) is 11.0. The van der Waals surface area contributed by atoms with Gasteiger partial charge in [0.1, 0.15) is 0 Å². The van der Waals surface area contributed by atoms with Gasteiger partial charge in [0.05, 0.1) is 10.5 Å². The van der Waals surface area contributed by atoms with Gasteiger partial charge in [0.25, 0.3) is 5.91 Å². The summed E-state index contributed by atoms with van der Waals surface area (Å²) in [7, 11) is -2.03. The van der Waals surface area contributed by atoms with E-state index in [2.05, 4.69) is 0 Å². The van der Waals surface area contributed by atoms with Gasteiger partial charge in [-0.15, -0.1) is 0 Å². The third-order valence-corrected chi connectivity index (χ3v) is 7.01. The van der Waals surface area contributed by atoms with Gasteiger partial charge in [-0.2, -0.15) is 17.5 Å². The molecule has 0 N–H and O–H groups in total. The number of halogens is 3. The molecule has 0 aromatic heterocycles. The molecule has 1 aliphatic rings. The molecule has 1 amide bonds. The number of benzene rings is 2. The molecular formula is C21H23F3N2O3S. The highest BCUT2D eigenvalue weighted by atomic mass is 32.2. The molecular weight excluding hydrogens is 417 g/mol. The molecule has 0 spiro atoms. The van der Waals surface area contributed by atoms with E-state index in [9.17, 15) is 26.4 Å². The molecule has 2 aromatic rings. The van der Waals surface area contributed by atoms with Gasteiger partial charge in [0.2, 0.25) is 10.0 Å². The summed E-state index contributed by atoms with van der Waals surface area (Å²) < 4.78 is 64.8. The van der Waals surface area contributed by atoms with Gasteiger partial charge in [-0.05, 0) is 54.8 Å². The highest BCUT2D eigenvalue weighted by Gasteiger charge is 2.30. The molecule has 9 heteroatoms. The van der Waals surface area contributed by atoms with Crippen LogP contribution >= 0.6 is 0 Å². The number of nitrogens with zero attached hydrogens (tertiary/aromatic N) is 2. The van der Waals surface area contributed by atoms with Crippen LogP contribution in [0.5, 0.6) is 0 Å². The van der Waals surface area contributed by atoms with Crippen molar-refractivity contribution in [1.82, 2.24) is 9.21 Å². The minimum atomic E-state index is -4.41. The molecule has 0 saturated carbocycles. The average molecular weight is 440 g/mol. The van der Waals surface area contributed by atoms with E-state index in [1.807, 2.05) is 0 Å². The summed E-state index contributed by atoms with van der Waals surface area (Å²) >= 11 is 0. The molecule has 1 saturated heterocycles.